The van der Waals surface area contributed by atoms with Crippen molar-refractivity contribution in [1.82, 2.24) is 0 Å². The fourth-order valence-electron chi connectivity index (χ4n) is 3.45. The minimum absolute atomic E-state index is 0.0808. The molecule has 0 spiro atoms. The lowest BCUT2D eigenvalue weighted by molar-refractivity contribution is -0.122. The molecule has 1 fully saturated rings. The van der Waals surface area contributed by atoms with Crippen LogP contribution in [-0.4, -0.2) is 24.9 Å². The summed E-state index contributed by atoms with van der Waals surface area (Å²) in [5.41, 5.74) is 4.90. The molecule has 0 aliphatic heterocycles. The summed E-state index contributed by atoms with van der Waals surface area (Å²) in [7, 11) is 0. The number of carbonyl (C=O) groups is 2. The first kappa shape index (κ1) is 19.9. The summed E-state index contributed by atoms with van der Waals surface area (Å²) >= 11 is 0. The van der Waals surface area contributed by atoms with Crippen molar-refractivity contribution in [3.8, 4) is 0 Å². The van der Waals surface area contributed by atoms with Gasteiger partial charge in [0.1, 0.15) is 0 Å². The molecular formula is C23H29N3O2. The highest BCUT2D eigenvalue weighted by molar-refractivity contribution is 6.03. The highest BCUT2D eigenvalue weighted by Crippen LogP contribution is 2.40. The Bertz CT molecular complexity index is 857. The maximum atomic E-state index is 12.6. The van der Waals surface area contributed by atoms with E-state index >= 15 is 0 Å². The Balaban J connectivity index is 1.57. The summed E-state index contributed by atoms with van der Waals surface area (Å²) < 4.78 is 0. The first-order valence-electron chi connectivity index (χ1n) is 9.97. The third kappa shape index (κ3) is 4.53. The van der Waals surface area contributed by atoms with Gasteiger partial charge in [0.25, 0.3) is 0 Å². The summed E-state index contributed by atoms with van der Waals surface area (Å²) in [6.07, 6.45) is 0.597. The van der Waals surface area contributed by atoms with Gasteiger partial charge in [-0.3, -0.25) is 9.59 Å². The van der Waals surface area contributed by atoms with E-state index in [4.69, 9.17) is 0 Å². The number of carbonyl (C=O) groups excluding carboxylic acids is 2. The molecule has 2 aromatic carbocycles. The zero-order valence-electron chi connectivity index (χ0n) is 17.1. The molecule has 0 saturated heterocycles. The van der Waals surface area contributed by atoms with Crippen LogP contribution >= 0.6 is 0 Å². The highest BCUT2D eigenvalue weighted by Gasteiger charge is 2.48. The number of amides is 2. The molecule has 5 heteroatoms. The van der Waals surface area contributed by atoms with E-state index in [0.717, 1.165) is 41.3 Å². The van der Waals surface area contributed by atoms with E-state index in [1.54, 1.807) is 0 Å². The van der Waals surface area contributed by atoms with Crippen LogP contribution < -0.4 is 15.5 Å². The molecule has 3 rings (SSSR count). The van der Waals surface area contributed by atoms with Gasteiger partial charge in [-0.05, 0) is 70.0 Å². The smallest absolute Gasteiger partial charge is 0.228 e. The van der Waals surface area contributed by atoms with Gasteiger partial charge in [0, 0.05) is 30.2 Å². The molecule has 0 radical (unpaired) electrons. The maximum absolute atomic E-state index is 12.6. The fraction of sp³-hybridized carbons (Fsp3) is 0.391. The number of nitrogens with zero attached hydrogens (tertiary/aromatic N) is 1. The molecule has 0 bridgehead atoms. The zero-order valence-corrected chi connectivity index (χ0v) is 17.1. The Kier molecular flexibility index (Phi) is 6.02. The third-order valence-electron chi connectivity index (χ3n) is 5.38. The molecule has 0 aromatic heterocycles. The van der Waals surface area contributed by atoms with Crippen molar-refractivity contribution in [3.63, 3.8) is 0 Å². The van der Waals surface area contributed by atoms with Crippen molar-refractivity contribution in [2.75, 3.05) is 28.6 Å². The number of aryl methyl sites for hydroxylation is 2. The van der Waals surface area contributed by atoms with E-state index < -0.39 is 0 Å². The Hall–Kier alpha value is -2.82. The number of benzene rings is 2. The molecule has 2 aromatic rings. The van der Waals surface area contributed by atoms with E-state index in [1.165, 1.54) is 0 Å². The summed E-state index contributed by atoms with van der Waals surface area (Å²) in [4.78, 5) is 27.2. The van der Waals surface area contributed by atoms with Gasteiger partial charge in [-0.2, -0.15) is 0 Å². The lowest BCUT2D eigenvalue weighted by atomic mass is 10.1. The number of nitrogens with one attached hydrogen (secondary N) is 2. The van der Waals surface area contributed by atoms with Gasteiger partial charge in [0.15, 0.2) is 0 Å². The van der Waals surface area contributed by atoms with Crippen molar-refractivity contribution < 1.29 is 9.59 Å². The Morgan fingerprint density at radius 3 is 2.11 bits per heavy atom. The van der Waals surface area contributed by atoms with Gasteiger partial charge in [-0.1, -0.05) is 17.7 Å². The van der Waals surface area contributed by atoms with Crippen LogP contribution in [0.15, 0.2) is 42.5 Å². The lowest BCUT2D eigenvalue weighted by Gasteiger charge is -2.22. The molecular weight excluding hydrogens is 350 g/mol. The molecule has 1 aliphatic rings. The second-order valence-corrected chi connectivity index (χ2v) is 7.46. The lowest BCUT2D eigenvalue weighted by Crippen LogP contribution is -2.22. The Morgan fingerprint density at radius 2 is 1.54 bits per heavy atom. The molecule has 2 unspecified atom stereocenters. The van der Waals surface area contributed by atoms with Gasteiger partial charge in [-0.15, -0.1) is 0 Å². The fourth-order valence-corrected chi connectivity index (χ4v) is 3.45. The molecule has 148 valence electrons. The van der Waals surface area contributed by atoms with Crippen LogP contribution in [0.1, 0.15) is 31.4 Å². The zero-order chi connectivity index (χ0) is 20.3. The number of rotatable bonds is 7. The van der Waals surface area contributed by atoms with Crippen LogP contribution in [-0.2, 0) is 9.59 Å². The molecule has 1 saturated carbocycles. The van der Waals surface area contributed by atoms with Crippen LogP contribution in [0.5, 0.6) is 0 Å². The van der Waals surface area contributed by atoms with Gasteiger partial charge in [0.2, 0.25) is 11.8 Å². The van der Waals surface area contributed by atoms with Crippen molar-refractivity contribution >= 4 is 28.9 Å². The van der Waals surface area contributed by atoms with Crippen molar-refractivity contribution in [2.45, 2.75) is 34.1 Å². The average Bonchev–Trinajstić information content (AvgIpc) is 3.48. The second-order valence-electron chi connectivity index (χ2n) is 7.46. The topological polar surface area (TPSA) is 61.4 Å². The van der Waals surface area contributed by atoms with E-state index in [2.05, 4.69) is 35.4 Å². The Labute approximate surface area is 167 Å². The van der Waals surface area contributed by atoms with Gasteiger partial charge in [-0.25, -0.2) is 0 Å². The van der Waals surface area contributed by atoms with Crippen LogP contribution in [0.2, 0.25) is 0 Å². The van der Waals surface area contributed by atoms with Gasteiger partial charge in [0.05, 0.1) is 11.8 Å². The summed E-state index contributed by atoms with van der Waals surface area (Å²) in [5.74, 6) is -0.677. The summed E-state index contributed by atoms with van der Waals surface area (Å²) in [5, 5.41) is 5.89. The minimum Gasteiger partial charge on any atom is -0.372 e. The van der Waals surface area contributed by atoms with Crippen LogP contribution in [0, 0.1) is 25.7 Å². The van der Waals surface area contributed by atoms with Crippen LogP contribution in [0.4, 0.5) is 17.1 Å². The molecule has 2 amide bonds. The summed E-state index contributed by atoms with van der Waals surface area (Å²) in [6, 6.07) is 13.7. The largest absolute Gasteiger partial charge is 0.372 e. The van der Waals surface area contributed by atoms with Crippen molar-refractivity contribution in [1.29, 1.82) is 0 Å². The number of hydrogen-bond donors (Lipinski definition) is 2. The maximum Gasteiger partial charge on any atom is 0.228 e. The first-order chi connectivity index (χ1) is 13.4. The minimum atomic E-state index is -0.257. The van der Waals surface area contributed by atoms with Crippen LogP contribution in [0.3, 0.4) is 0 Å². The average molecular weight is 380 g/mol. The predicted molar refractivity (Wildman–Crippen MR) is 115 cm³/mol. The van der Waals surface area contributed by atoms with Gasteiger partial charge < -0.3 is 15.5 Å². The Morgan fingerprint density at radius 1 is 0.929 bits per heavy atom. The predicted octanol–water partition coefficient (Wildman–Crippen LogP) is 4.36. The molecule has 2 N–H and O–H groups in total. The molecule has 28 heavy (non-hydrogen) atoms. The van der Waals surface area contributed by atoms with Crippen molar-refractivity contribution in [2.24, 2.45) is 11.8 Å². The molecule has 0 heterocycles. The number of anilines is 3. The van der Waals surface area contributed by atoms with E-state index in [1.807, 2.05) is 50.2 Å². The van der Waals surface area contributed by atoms with E-state index in [0.29, 0.717) is 6.42 Å². The van der Waals surface area contributed by atoms with Crippen molar-refractivity contribution in [3.05, 3.63) is 53.6 Å². The quantitative estimate of drug-likeness (QED) is 0.751. The molecule has 5 nitrogen and oxygen atoms in total. The van der Waals surface area contributed by atoms with E-state index in [9.17, 15) is 9.59 Å². The normalized spacial score (nSPS) is 17.7. The second kappa shape index (κ2) is 8.46. The van der Waals surface area contributed by atoms with Crippen LogP contribution in [0.25, 0.3) is 0 Å². The number of hydrogen-bond acceptors (Lipinski definition) is 3. The third-order valence-corrected chi connectivity index (χ3v) is 5.38. The first-order valence-corrected chi connectivity index (χ1v) is 9.97. The summed E-state index contributed by atoms with van der Waals surface area (Å²) in [6.45, 7) is 10.1. The standard InChI is InChI=1S/C23H29N3O2/c1-5-26(6-2)18-11-12-21(16(4)13-18)25-23(28)20-14-19(20)22(27)24-17-9-7-15(3)8-10-17/h7-13,19-20H,5-6,14H2,1-4H3,(H,24,27)(H,25,28). The van der Waals surface area contributed by atoms with Gasteiger partial charge >= 0.3 is 0 Å². The van der Waals surface area contributed by atoms with E-state index in [-0.39, 0.29) is 23.7 Å². The monoisotopic (exact) mass is 379 g/mol. The molecule has 2 atom stereocenters. The highest BCUT2D eigenvalue weighted by atomic mass is 16.2. The SMILES string of the molecule is CCN(CC)c1ccc(NC(=O)C2CC2C(=O)Nc2ccc(C)cc2)c(C)c1. The molecule has 1 aliphatic carbocycles.